The number of benzene rings is 2. The van der Waals surface area contributed by atoms with Crippen LogP contribution in [0.5, 0.6) is 17.2 Å². The zero-order valence-corrected chi connectivity index (χ0v) is 24.9. The average molecular weight is 598 g/mol. The first-order valence-corrected chi connectivity index (χ1v) is 14.9. The number of rotatable bonds is 9. The summed E-state index contributed by atoms with van der Waals surface area (Å²) in [6.07, 6.45) is 8.35. The third kappa shape index (κ3) is 6.22. The van der Waals surface area contributed by atoms with Gasteiger partial charge >= 0.3 is 0 Å². The third-order valence-electron chi connectivity index (χ3n) is 8.29. The molecule has 6 rings (SSSR count). The van der Waals surface area contributed by atoms with Gasteiger partial charge in [0.25, 0.3) is 0 Å². The molecule has 4 aromatic rings. The summed E-state index contributed by atoms with van der Waals surface area (Å²) in [4.78, 5) is 29.3. The van der Waals surface area contributed by atoms with Crippen molar-refractivity contribution in [1.29, 1.82) is 0 Å². The number of pyridine rings is 1. The Hall–Kier alpha value is -4.93. The molecule has 10 nitrogen and oxygen atoms in total. The van der Waals surface area contributed by atoms with E-state index in [1.165, 1.54) is 18.5 Å². The second-order valence-corrected chi connectivity index (χ2v) is 11.1. The Morgan fingerprint density at radius 2 is 1.84 bits per heavy atom. The molecule has 2 aromatic carbocycles. The summed E-state index contributed by atoms with van der Waals surface area (Å²) in [5, 5.41) is 7.39. The van der Waals surface area contributed by atoms with E-state index in [-0.39, 0.29) is 17.6 Å². The molecule has 0 unspecified atom stereocenters. The summed E-state index contributed by atoms with van der Waals surface area (Å²) in [6, 6.07) is 12.7. The minimum atomic E-state index is -0.482. The van der Waals surface area contributed by atoms with E-state index in [4.69, 9.17) is 9.47 Å². The first-order chi connectivity index (χ1) is 21.4. The van der Waals surface area contributed by atoms with Crippen molar-refractivity contribution in [3.8, 4) is 17.2 Å². The molecule has 0 spiro atoms. The zero-order valence-electron chi connectivity index (χ0n) is 24.9. The summed E-state index contributed by atoms with van der Waals surface area (Å²) in [7, 11) is 1.61. The van der Waals surface area contributed by atoms with Crippen LogP contribution in [-0.2, 0) is 4.79 Å². The van der Waals surface area contributed by atoms with Crippen LogP contribution in [0.3, 0.4) is 0 Å². The SMILES string of the molecule is C=CC(=O)N1CCC(Nc2cc3c(Nc4ccc(Oc5ccnc(N6CCC[C@@H]6C)c5)cc4F)ncnc3cc2OC)CC1. The maximum Gasteiger partial charge on any atom is 0.245 e. The number of carbonyl (C=O) groups excluding carboxylic acids is 1. The fourth-order valence-electron chi connectivity index (χ4n) is 5.88. The van der Waals surface area contributed by atoms with Gasteiger partial charge in [-0.05, 0) is 62.9 Å². The van der Waals surface area contributed by atoms with E-state index in [9.17, 15) is 4.79 Å². The van der Waals surface area contributed by atoms with E-state index in [1.807, 2.05) is 18.2 Å². The number of amides is 1. The monoisotopic (exact) mass is 597 g/mol. The molecule has 228 valence electrons. The number of nitrogens with zero attached hydrogens (tertiary/aromatic N) is 5. The number of likely N-dealkylation sites (tertiary alicyclic amines) is 1. The van der Waals surface area contributed by atoms with E-state index in [2.05, 4.69) is 44.0 Å². The maximum atomic E-state index is 15.4. The number of aromatic nitrogens is 3. The molecule has 0 saturated carbocycles. The lowest BCUT2D eigenvalue weighted by Crippen LogP contribution is -2.41. The lowest BCUT2D eigenvalue weighted by atomic mass is 10.0. The van der Waals surface area contributed by atoms with Crippen molar-refractivity contribution in [3.63, 3.8) is 0 Å². The molecule has 11 heteroatoms. The molecule has 4 heterocycles. The molecule has 0 radical (unpaired) electrons. The number of piperidine rings is 1. The van der Waals surface area contributed by atoms with Crippen LogP contribution in [0.2, 0.25) is 0 Å². The van der Waals surface area contributed by atoms with Crippen LogP contribution in [0.4, 0.5) is 27.4 Å². The van der Waals surface area contributed by atoms with Gasteiger partial charge in [0.05, 0.1) is 24.0 Å². The molecule has 2 saturated heterocycles. The molecule has 1 atom stereocenters. The Morgan fingerprint density at radius 3 is 2.57 bits per heavy atom. The Balaban J connectivity index is 1.19. The van der Waals surface area contributed by atoms with Gasteiger partial charge in [-0.1, -0.05) is 6.58 Å². The lowest BCUT2D eigenvalue weighted by molar-refractivity contribution is -0.126. The van der Waals surface area contributed by atoms with Crippen LogP contribution in [0, 0.1) is 5.82 Å². The van der Waals surface area contributed by atoms with Gasteiger partial charge in [-0.2, -0.15) is 0 Å². The van der Waals surface area contributed by atoms with E-state index in [0.29, 0.717) is 53.1 Å². The molecule has 2 aliphatic rings. The predicted octanol–water partition coefficient (Wildman–Crippen LogP) is 6.29. The van der Waals surface area contributed by atoms with Crippen molar-refractivity contribution in [3.05, 3.63) is 73.5 Å². The van der Waals surface area contributed by atoms with Crippen LogP contribution in [-0.4, -0.2) is 64.6 Å². The fraction of sp³-hybridized carbons (Fsp3) is 0.333. The quantitative estimate of drug-likeness (QED) is 0.216. The number of anilines is 4. The second kappa shape index (κ2) is 12.7. The zero-order chi connectivity index (χ0) is 30.6. The Bertz CT molecular complexity index is 1680. The van der Waals surface area contributed by atoms with E-state index < -0.39 is 5.82 Å². The number of carbonyl (C=O) groups is 1. The summed E-state index contributed by atoms with van der Waals surface area (Å²) >= 11 is 0. The summed E-state index contributed by atoms with van der Waals surface area (Å²) in [5.74, 6) is 2.40. The van der Waals surface area contributed by atoms with Crippen molar-refractivity contribution in [1.82, 2.24) is 19.9 Å². The summed E-state index contributed by atoms with van der Waals surface area (Å²) in [6.45, 7) is 8.03. The highest BCUT2D eigenvalue weighted by Gasteiger charge is 2.24. The number of methoxy groups -OCH3 is 1. The highest BCUT2D eigenvalue weighted by molar-refractivity contribution is 5.95. The smallest absolute Gasteiger partial charge is 0.245 e. The predicted molar refractivity (Wildman–Crippen MR) is 170 cm³/mol. The van der Waals surface area contributed by atoms with Gasteiger partial charge in [-0.3, -0.25) is 4.79 Å². The lowest BCUT2D eigenvalue weighted by Gasteiger charge is -2.32. The van der Waals surface area contributed by atoms with Gasteiger partial charge in [0, 0.05) is 61.5 Å². The van der Waals surface area contributed by atoms with Gasteiger partial charge < -0.3 is 29.9 Å². The molecular weight excluding hydrogens is 561 g/mol. The van der Waals surface area contributed by atoms with Crippen LogP contribution in [0.15, 0.2) is 67.6 Å². The molecule has 1 amide bonds. The van der Waals surface area contributed by atoms with E-state index in [0.717, 1.165) is 43.7 Å². The number of ether oxygens (including phenoxy) is 2. The minimum absolute atomic E-state index is 0.0508. The number of fused-ring (bicyclic) bond motifs is 1. The largest absolute Gasteiger partial charge is 0.495 e. The van der Waals surface area contributed by atoms with Crippen LogP contribution in [0.25, 0.3) is 10.9 Å². The van der Waals surface area contributed by atoms with Crippen molar-refractivity contribution < 1.29 is 18.7 Å². The van der Waals surface area contributed by atoms with Crippen molar-refractivity contribution >= 4 is 39.8 Å². The number of halogens is 1. The highest BCUT2D eigenvalue weighted by Crippen LogP contribution is 2.36. The van der Waals surface area contributed by atoms with Gasteiger partial charge in [0.2, 0.25) is 5.91 Å². The third-order valence-corrected chi connectivity index (χ3v) is 8.29. The molecule has 0 aliphatic carbocycles. The summed E-state index contributed by atoms with van der Waals surface area (Å²) < 4.78 is 27.0. The summed E-state index contributed by atoms with van der Waals surface area (Å²) in [5.41, 5.74) is 1.68. The Kier molecular flexibility index (Phi) is 8.44. The fourth-order valence-corrected chi connectivity index (χ4v) is 5.88. The number of hydrogen-bond acceptors (Lipinski definition) is 9. The van der Waals surface area contributed by atoms with E-state index >= 15 is 4.39 Å². The molecule has 0 bridgehead atoms. The highest BCUT2D eigenvalue weighted by atomic mass is 19.1. The first-order valence-electron chi connectivity index (χ1n) is 14.9. The molecule has 2 aliphatic heterocycles. The van der Waals surface area contributed by atoms with Gasteiger partial charge in [0.15, 0.2) is 0 Å². The second-order valence-electron chi connectivity index (χ2n) is 11.1. The van der Waals surface area contributed by atoms with Crippen molar-refractivity contribution in [2.75, 3.05) is 42.3 Å². The Labute approximate surface area is 255 Å². The maximum absolute atomic E-state index is 15.4. The number of hydrogen-bond donors (Lipinski definition) is 2. The molecule has 44 heavy (non-hydrogen) atoms. The molecule has 2 N–H and O–H groups in total. The number of nitrogens with one attached hydrogen (secondary N) is 2. The van der Waals surface area contributed by atoms with Gasteiger partial charge in [0.1, 0.15) is 41.0 Å². The molecule has 2 aromatic heterocycles. The Morgan fingerprint density at radius 1 is 1.02 bits per heavy atom. The van der Waals surface area contributed by atoms with Crippen LogP contribution < -0.4 is 25.0 Å². The standard InChI is InChI=1S/C33H36FN7O3/c1-4-32(42)40-14-10-22(11-15-40)38-29-18-25-28(19-30(29)43-3)36-20-37-33(25)39-27-8-7-23(16-26(27)34)44-24-9-12-35-31(17-24)41-13-5-6-21(41)2/h4,7-9,12,16-22,38H,1,5-6,10-11,13-15H2,2-3H3,(H,36,37,39)/t21-/m0/s1. The topological polar surface area (TPSA) is 105 Å². The average Bonchev–Trinajstić information content (AvgIpc) is 3.48. The van der Waals surface area contributed by atoms with E-state index in [1.54, 1.807) is 36.4 Å². The van der Waals surface area contributed by atoms with Crippen molar-refractivity contribution in [2.24, 2.45) is 0 Å². The molecular formula is C33H36FN7O3. The van der Waals surface area contributed by atoms with Crippen LogP contribution in [0.1, 0.15) is 32.6 Å². The first kappa shape index (κ1) is 29.2. The van der Waals surface area contributed by atoms with Gasteiger partial charge in [-0.15, -0.1) is 0 Å². The molecule has 2 fully saturated rings. The van der Waals surface area contributed by atoms with Crippen LogP contribution >= 0.6 is 0 Å². The minimum Gasteiger partial charge on any atom is -0.495 e. The normalized spacial score (nSPS) is 17.0. The van der Waals surface area contributed by atoms with Crippen molar-refractivity contribution in [2.45, 2.75) is 44.7 Å². The van der Waals surface area contributed by atoms with Gasteiger partial charge in [-0.25, -0.2) is 19.3 Å².